The molecule has 0 aliphatic carbocycles. The molecule has 0 aromatic carbocycles. The standard InChI is InChI=1S/C10H10BrF2NO2/c1-16-8(15)3-7-2-6(4-11)5-14-9(7)10(12)13/h2,5,10H,3-4H2,1H3. The third-order valence-electron chi connectivity index (χ3n) is 1.98. The van der Waals surface area contributed by atoms with Gasteiger partial charge in [0.15, 0.2) is 0 Å². The molecule has 6 heteroatoms. The van der Waals surface area contributed by atoms with Gasteiger partial charge in [0.25, 0.3) is 6.43 Å². The Kier molecular flexibility index (Phi) is 4.79. The molecule has 0 N–H and O–H groups in total. The summed E-state index contributed by atoms with van der Waals surface area (Å²) in [6.07, 6.45) is -1.52. The number of nitrogens with zero attached hydrogens (tertiary/aromatic N) is 1. The Balaban J connectivity index is 3.05. The van der Waals surface area contributed by atoms with Crippen molar-refractivity contribution in [1.82, 2.24) is 4.98 Å². The fraction of sp³-hybridized carbons (Fsp3) is 0.400. The second-order valence-corrected chi connectivity index (χ2v) is 3.64. The first-order chi connectivity index (χ1) is 7.58. The van der Waals surface area contributed by atoms with Gasteiger partial charge in [-0.05, 0) is 11.1 Å². The minimum Gasteiger partial charge on any atom is -0.469 e. The summed E-state index contributed by atoms with van der Waals surface area (Å²) < 4.78 is 29.6. The lowest BCUT2D eigenvalue weighted by Gasteiger charge is -2.08. The number of ether oxygens (including phenoxy) is 1. The van der Waals surface area contributed by atoms with Gasteiger partial charge in [0.05, 0.1) is 13.5 Å². The first-order valence-corrected chi connectivity index (χ1v) is 5.59. The van der Waals surface area contributed by atoms with Crippen LogP contribution in [0.5, 0.6) is 0 Å². The summed E-state index contributed by atoms with van der Waals surface area (Å²) in [5.74, 6) is -0.560. The van der Waals surface area contributed by atoms with Crippen molar-refractivity contribution in [3.05, 3.63) is 29.1 Å². The minimum absolute atomic E-state index is 0.190. The zero-order valence-corrected chi connectivity index (χ0v) is 10.1. The third kappa shape index (κ3) is 3.23. The van der Waals surface area contributed by atoms with Gasteiger partial charge in [-0.1, -0.05) is 22.0 Å². The van der Waals surface area contributed by atoms with Crippen molar-refractivity contribution in [2.24, 2.45) is 0 Å². The maximum absolute atomic E-state index is 12.6. The maximum Gasteiger partial charge on any atom is 0.310 e. The van der Waals surface area contributed by atoms with Crippen molar-refractivity contribution in [3.8, 4) is 0 Å². The van der Waals surface area contributed by atoms with Crippen LogP contribution in [0.3, 0.4) is 0 Å². The summed E-state index contributed by atoms with van der Waals surface area (Å²) >= 11 is 3.19. The number of pyridine rings is 1. The van der Waals surface area contributed by atoms with Crippen LogP contribution in [0.4, 0.5) is 8.78 Å². The Morgan fingerprint density at radius 2 is 2.31 bits per heavy atom. The highest BCUT2D eigenvalue weighted by atomic mass is 79.9. The van der Waals surface area contributed by atoms with Gasteiger partial charge in [-0.25, -0.2) is 8.78 Å². The van der Waals surface area contributed by atoms with Crippen molar-refractivity contribution in [2.45, 2.75) is 18.2 Å². The second kappa shape index (κ2) is 5.89. The van der Waals surface area contributed by atoms with Gasteiger partial charge < -0.3 is 4.74 Å². The van der Waals surface area contributed by atoms with E-state index in [9.17, 15) is 13.6 Å². The van der Waals surface area contributed by atoms with E-state index in [1.54, 1.807) is 0 Å². The molecular formula is C10H10BrF2NO2. The summed E-state index contributed by atoms with van der Waals surface area (Å²) in [6, 6.07) is 1.53. The van der Waals surface area contributed by atoms with Gasteiger partial charge in [0.1, 0.15) is 5.69 Å². The van der Waals surface area contributed by atoms with Crippen molar-refractivity contribution >= 4 is 21.9 Å². The summed E-state index contributed by atoms with van der Waals surface area (Å²) in [7, 11) is 1.21. The summed E-state index contributed by atoms with van der Waals surface area (Å²) in [6.45, 7) is 0. The number of hydrogen-bond acceptors (Lipinski definition) is 3. The molecule has 3 nitrogen and oxygen atoms in total. The molecule has 0 amide bonds. The molecule has 0 saturated heterocycles. The zero-order chi connectivity index (χ0) is 12.1. The Labute approximate surface area is 99.9 Å². The quantitative estimate of drug-likeness (QED) is 0.633. The van der Waals surface area contributed by atoms with Gasteiger partial charge in [0, 0.05) is 11.5 Å². The average Bonchev–Trinajstić information content (AvgIpc) is 2.28. The van der Waals surface area contributed by atoms with Crippen molar-refractivity contribution in [1.29, 1.82) is 0 Å². The Morgan fingerprint density at radius 3 is 2.81 bits per heavy atom. The molecule has 0 fully saturated rings. The normalized spacial score (nSPS) is 10.6. The molecule has 1 rings (SSSR count). The van der Waals surface area contributed by atoms with Gasteiger partial charge in [-0.3, -0.25) is 9.78 Å². The van der Waals surface area contributed by atoms with Crippen LogP contribution in [-0.4, -0.2) is 18.1 Å². The Morgan fingerprint density at radius 1 is 1.62 bits per heavy atom. The lowest BCUT2D eigenvalue weighted by molar-refractivity contribution is -0.139. The second-order valence-electron chi connectivity index (χ2n) is 3.08. The van der Waals surface area contributed by atoms with Crippen molar-refractivity contribution < 1.29 is 18.3 Å². The number of methoxy groups -OCH3 is 1. The van der Waals surface area contributed by atoms with Crippen LogP contribution in [0.15, 0.2) is 12.3 Å². The highest BCUT2D eigenvalue weighted by molar-refractivity contribution is 9.08. The van der Waals surface area contributed by atoms with Crippen LogP contribution in [-0.2, 0) is 21.3 Å². The molecule has 0 aliphatic heterocycles. The Bertz CT molecular complexity index is 385. The number of rotatable bonds is 4. The van der Waals surface area contributed by atoms with E-state index in [2.05, 4.69) is 25.7 Å². The summed E-state index contributed by atoms with van der Waals surface area (Å²) in [5.41, 5.74) is 0.581. The van der Waals surface area contributed by atoms with E-state index < -0.39 is 12.4 Å². The van der Waals surface area contributed by atoms with E-state index in [1.807, 2.05) is 0 Å². The average molecular weight is 294 g/mol. The summed E-state index contributed by atoms with van der Waals surface area (Å²) in [4.78, 5) is 14.7. The van der Waals surface area contributed by atoms with Crippen molar-refractivity contribution in [2.75, 3.05) is 7.11 Å². The lowest BCUT2D eigenvalue weighted by Crippen LogP contribution is -2.09. The molecule has 0 unspecified atom stereocenters. The van der Waals surface area contributed by atoms with E-state index in [4.69, 9.17) is 0 Å². The zero-order valence-electron chi connectivity index (χ0n) is 8.54. The van der Waals surface area contributed by atoms with Gasteiger partial charge in [0.2, 0.25) is 0 Å². The highest BCUT2D eigenvalue weighted by Gasteiger charge is 2.17. The van der Waals surface area contributed by atoms with Crippen LogP contribution in [0.2, 0.25) is 0 Å². The molecule has 0 atom stereocenters. The number of hydrogen-bond donors (Lipinski definition) is 0. The fourth-order valence-corrected chi connectivity index (χ4v) is 1.52. The monoisotopic (exact) mass is 293 g/mol. The molecule has 1 aromatic rings. The number of carbonyl (C=O) groups is 1. The number of esters is 1. The van der Waals surface area contributed by atoms with E-state index in [0.29, 0.717) is 5.33 Å². The molecule has 1 heterocycles. The van der Waals surface area contributed by atoms with Crippen LogP contribution >= 0.6 is 15.9 Å². The maximum atomic E-state index is 12.6. The number of alkyl halides is 3. The molecule has 0 spiro atoms. The number of carbonyl (C=O) groups excluding carboxylic acids is 1. The minimum atomic E-state index is -2.69. The predicted molar refractivity (Wildman–Crippen MR) is 57.5 cm³/mol. The lowest BCUT2D eigenvalue weighted by atomic mass is 10.1. The SMILES string of the molecule is COC(=O)Cc1cc(CBr)cnc1C(F)F. The predicted octanol–water partition coefficient (Wildman–Crippen LogP) is 2.63. The number of aromatic nitrogens is 1. The molecule has 16 heavy (non-hydrogen) atoms. The van der Waals surface area contributed by atoms with E-state index in [-0.39, 0.29) is 17.7 Å². The van der Waals surface area contributed by atoms with E-state index in [1.165, 1.54) is 19.4 Å². The van der Waals surface area contributed by atoms with Crippen LogP contribution in [0.25, 0.3) is 0 Å². The van der Waals surface area contributed by atoms with Gasteiger partial charge >= 0.3 is 5.97 Å². The molecule has 88 valence electrons. The number of halogens is 3. The van der Waals surface area contributed by atoms with Crippen LogP contribution in [0, 0.1) is 0 Å². The summed E-state index contributed by atoms with van der Waals surface area (Å²) in [5, 5.41) is 0.498. The molecule has 1 aromatic heterocycles. The van der Waals surface area contributed by atoms with E-state index in [0.717, 1.165) is 5.56 Å². The molecule has 0 bridgehead atoms. The first kappa shape index (κ1) is 13.0. The highest BCUT2D eigenvalue weighted by Crippen LogP contribution is 2.22. The van der Waals surface area contributed by atoms with Gasteiger partial charge in [-0.15, -0.1) is 0 Å². The molecule has 0 aliphatic rings. The molecular weight excluding hydrogens is 284 g/mol. The first-order valence-electron chi connectivity index (χ1n) is 4.47. The van der Waals surface area contributed by atoms with Gasteiger partial charge in [-0.2, -0.15) is 0 Å². The molecule has 0 saturated carbocycles. The smallest absolute Gasteiger partial charge is 0.310 e. The van der Waals surface area contributed by atoms with E-state index >= 15 is 0 Å². The van der Waals surface area contributed by atoms with Crippen LogP contribution < -0.4 is 0 Å². The third-order valence-corrected chi connectivity index (χ3v) is 2.63. The Hall–Kier alpha value is -1.04. The largest absolute Gasteiger partial charge is 0.469 e. The molecule has 0 radical (unpaired) electrons. The van der Waals surface area contributed by atoms with Crippen molar-refractivity contribution in [3.63, 3.8) is 0 Å². The van der Waals surface area contributed by atoms with Crippen LogP contribution in [0.1, 0.15) is 23.2 Å². The fourth-order valence-electron chi connectivity index (χ4n) is 1.21. The topological polar surface area (TPSA) is 39.2 Å².